The molecule has 114 valence electrons. The number of para-hydroxylation sites is 2. The first-order valence-corrected chi connectivity index (χ1v) is 7.61. The molecule has 0 bridgehead atoms. The molecule has 0 N–H and O–H groups in total. The van der Waals surface area contributed by atoms with Crippen LogP contribution in [0, 0.1) is 5.41 Å². The van der Waals surface area contributed by atoms with Gasteiger partial charge in [0.15, 0.2) is 17.6 Å². The molecule has 0 saturated heterocycles. The number of hydrogen-bond acceptors (Lipinski definition) is 3. The summed E-state index contributed by atoms with van der Waals surface area (Å²) in [5.74, 6) is 1.38. The summed E-state index contributed by atoms with van der Waals surface area (Å²) in [5.41, 5.74) is -0.696. The standard InChI is InChI=1S/C15H17Cl2NO3/c1-14(9-15(14,16)17)13(19)18(2)7-10-8-20-11-5-3-4-6-12(11)21-10/h3-6,10H,7-9H2,1-2H3. The Kier molecular flexibility index (Phi) is 3.49. The number of alkyl halides is 2. The van der Waals surface area contributed by atoms with Crippen molar-refractivity contribution in [2.45, 2.75) is 23.8 Å². The van der Waals surface area contributed by atoms with Crippen LogP contribution in [0.2, 0.25) is 0 Å². The van der Waals surface area contributed by atoms with Crippen LogP contribution >= 0.6 is 23.2 Å². The van der Waals surface area contributed by atoms with Gasteiger partial charge in [0.25, 0.3) is 0 Å². The lowest BCUT2D eigenvalue weighted by Crippen LogP contribution is -2.44. The predicted octanol–water partition coefficient (Wildman–Crippen LogP) is 2.87. The van der Waals surface area contributed by atoms with E-state index < -0.39 is 9.75 Å². The minimum Gasteiger partial charge on any atom is -0.486 e. The third kappa shape index (κ3) is 2.55. The fraction of sp³-hybridized carbons (Fsp3) is 0.533. The highest BCUT2D eigenvalue weighted by atomic mass is 35.5. The van der Waals surface area contributed by atoms with E-state index in [1.165, 1.54) is 0 Å². The van der Waals surface area contributed by atoms with Crippen molar-refractivity contribution in [1.29, 1.82) is 0 Å². The predicted molar refractivity (Wildman–Crippen MR) is 81.2 cm³/mol. The average molecular weight is 330 g/mol. The highest BCUT2D eigenvalue weighted by molar-refractivity contribution is 6.53. The van der Waals surface area contributed by atoms with E-state index in [9.17, 15) is 4.79 Å². The van der Waals surface area contributed by atoms with Crippen molar-refractivity contribution in [2.24, 2.45) is 5.41 Å². The monoisotopic (exact) mass is 329 g/mol. The van der Waals surface area contributed by atoms with Crippen LogP contribution in [-0.4, -0.2) is 41.4 Å². The van der Waals surface area contributed by atoms with E-state index in [0.717, 1.165) is 5.75 Å². The number of hydrogen-bond donors (Lipinski definition) is 0. The van der Waals surface area contributed by atoms with Gasteiger partial charge in [-0.1, -0.05) is 12.1 Å². The van der Waals surface area contributed by atoms with Gasteiger partial charge in [-0.2, -0.15) is 0 Å². The second-order valence-electron chi connectivity index (χ2n) is 5.90. The summed E-state index contributed by atoms with van der Waals surface area (Å²) in [6, 6.07) is 7.50. The number of carbonyl (C=O) groups is 1. The molecule has 2 aliphatic rings. The van der Waals surface area contributed by atoms with Crippen molar-refractivity contribution in [3.8, 4) is 11.5 Å². The zero-order chi connectivity index (χ0) is 15.3. The summed E-state index contributed by atoms with van der Waals surface area (Å²) in [4.78, 5) is 14.0. The molecule has 0 radical (unpaired) electrons. The van der Waals surface area contributed by atoms with Crippen LogP contribution in [-0.2, 0) is 4.79 Å². The zero-order valence-electron chi connectivity index (χ0n) is 11.9. The molecular formula is C15H17Cl2NO3. The molecule has 0 spiro atoms. The Bertz CT molecular complexity index is 578. The fourth-order valence-corrected chi connectivity index (χ4v) is 3.29. The summed E-state index contributed by atoms with van der Waals surface area (Å²) in [6.07, 6.45) is 0.285. The lowest BCUT2D eigenvalue weighted by molar-refractivity contribution is -0.136. The van der Waals surface area contributed by atoms with Crippen LogP contribution in [0.25, 0.3) is 0 Å². The van der Waals surface area contributed by atoms with Gasteiger partial charge in [0.05, 0.1) is 12.0 Å². The lowest BCUT2D eigenvalue weighted by Gasteiger charge is -2.30. The molecule has 1 fully saturated rings. The minimum atomic E-state index is -0.950. The number of carbonyl (C=O) groups excluding carboxylic acids is 1. The molecule has 2 unspecified atom stereocenters. The number of fused-ring (bicyclic) bond motifs is 1. The van der Waals surface area contributed by atoms with E-state index in [1.807, 2.05) is 24.3 Å². The number of amides is 1. The maximum atomic E-state index is 12.4. The maximum absolute atomic E-state index is 12.4. The number of benzene rings is 1. The molecule has 1 aliphatic carbocycles. The summed E-state index contributed by atoms with van der Waals surface area (Å²) in [7, 11) is 1.74. The van der Waals surface area contributed by atoms with Gasteiger partial charge in [0.2, 0.25) is 5.91 Å². The van der Waals surface area contributed by atoms with Gasteiger partial charge in [-0.25, -0.2) is 0 Å². The largest absolute Gasteiger partial charge is 0.486 e. The van der Waals surface area contributed by atoms with Gasteiger partial charge in [-0.15, -0.1) is 23.2 Å². The van der Waals surface area contributed by atoms with Crippen molar-refractivity contribution in [1.82, 2.24) is 4.90 Å². The molecule has 21 heavy (non-hydrogen) atoms. The van der Waals surface area contributed by atoms with E-state index >= 15 is 0 Å². The Hall–Kier alpha value is -1.13. The summed E-state index contributed by atoms with van der Waals surface area (Å²) in [6.45, 7) is 2.64. The summed E-state index contributed by atoms with van der Waals surface area (Å²) >= 11 is 12.1. The van der Waals surface area contributed by atoms with Crippen LogP contribution in [0.1, 0.15) is 13.3 Å². The van der Waals surface area contributed by atoms with E-state index in [2.05, 4.69) is 0 Å². The van der Waals surface area contributed by atoms with Crippen molar-refractivity contribution >= 4 is 29.1 Å². The number of likely N-dealkylation sites (N-methyl/N-ethyl adjacent to an activating group) is 1. The van der Waals surface area contributed by atoms with E-state index in [1.54, 1.807) is 18.9 Å². The Morgan fingerprint density at radius 3 is 2.62 bits per heavy atom. The maximum Gasteiger partial charge on any atom is 0.231 e. The van der Waals surface area contributed by atoms with E-state index in [4.69, 9.17) is 32.7 Å². The molecular weight excluding hydrogens is 313 g/mol. The topological polar surface area (TPSA) is 38.8 Å². The first-order valence-electron chi connectivity index (χ1n) is 6.85. The quantitative estimate of drug-likeness (QED) is 0.800. The third-order valence-corrected chi connectivity index (χ3v) is 5.22. The molecule has 1 aromatic carbocycles. The van der Waals surface area contributed by atoms with Crippen LogP contribution in [0.4, 0.5) is 0 Å². The highest BCUT2D eigenvalue weighted by Gasteiger charge is 2.68. The summed E-state index contributed by atoms with van der Waals surface area (Å²) < 4.78 is 10.5. The smallest absolute Gasteiger partial charge is 0.231 e. The Balaban J connectivity index is 1.62. The van der Waals surface area contributed by atoms with Gasteiger partial charge in [-0.05, 0) is 25.5 Å². The first-order chi connectivity index (χ1) is 9.83. The molecule has 1 saturated carbocycles. The van der Waals surface area contributed by atoms with Crippen LogP contribution in [0.3, 0.4) is 0 Å². The van der Waals surface area contributed by atoms with Gasteiger partial charge in [-0.3, -0.25) is 4.79 Å². The van der Waals surface area contributed by atoms with E-state index in [0.29, 0.717) is 25.3 Å². The molecule has 1 heterocycles. The van der Waals surface area contributed by atoms with Crippen LogP contribution < -0.4 is 9.47 Å². The van der Waals surface area contributed by atoms with Gasteiger partial charge in [0, 0.05) is 7.05 Å². The number of rotatable bonds is 3. The first kappa shape index (κ1) is 14.8. The Morgan fingerprint density at radius 1 is 1.38 bits per heavy atom. The second kappa shape index (κ2) is 4.96. The van der Waals surface area contributed by atoms with Crippen molar-refractivity contribution in [2.75, 3.05) is 20.2 Å². The normalized spacial score (nSPS) is 28.9. The highest BCUT2D eigenvalue weighted by Crippen LogP contribution is 2.64. The lowest BCUT2D eigenvalue weighted by atomic mass is 10.1. The Morgan fingerprint density at radius 2 is 2.00 bits per heavy atom. The molecule has 3 rings (SSSR count). The number of ether oxygens (including phenoxy) is 2. The Labute approximate surface area is 133 Å². The second-order valence-corrected chi connectivity index (χ2v) is 7.38. The van der Waals surface area contributed by atoms with Gasteiger partial charge >= 0.3 is 0 Å². The fourth-order valence-electron chi connectivity index (χ4n) is 2.59. The summed E-state index contributed by atoms with van der Waals surface area (Å²) in [5, 5.41) is 0. The molecule has 6 heteroatoms. The molecule has 1 amide bonds. The van der Waals surface area contributed by atoms with Gasteiger partial charge in [0.1, 0.15) is 10.9 Å². The SMILES string of the molecule is CN(CC1COc2ccccc2O1)C(=O)C1(C)CC1(Cl)Cl. The van der Waals surface area contributed by atoms with Crippen molar-refractivity contribution in [3.05, 3.63) is 24.3 Å². The number of halogens is 2. The average Bonchev–Trinajstić information content (AvgIpc) is 2.97. The molecule has 1 aliphatic heterocycles. The van der Waals surface area contributed by atoms with E-state index in [-0.39, 0.29) is 12.0 Å². The molecule has 4 nitrogen and oxygen atoms in total. The molecule has 1 aromatic rings. The van der Waals surface area contributed by atoms with Crippen molar-refractivity contribution < 1.29 is 14.3 Å². The molecule has 2 atom stereocenters. The van der Waals surface area contributed by atoms with Crippen LogP contribution in [0.5, 0.6) is 11.5 Å². The van der Waals surface area contributed by atoms with Crippen LogP contribution in [0.15, 0.2) is 24.3 Å². The third-order valence-electron chi connectivity index (χ3n) is 4.12. The minimum absolute atomic E-state index is 0.0602. The van der Waals surface area contributed by atoms with Crippen molar-refractivity contribution in [3.63, 3.8) is 0 Å². The zero-order valence-corrected chi connectivity index (χ0v) is 13.4. The number of nitrogens with zero attached hydrogens (tertiary/aromatic N) is 1. The molecule has 0 aromatic heterocycles. The van der Waals surface area contributed by atoms with Gasteiger partial charge < -0.3 is 14.4 Å².